The Bertz CT molecular complexity index is 1300. The van der Waals surface area contributed by atoms with E-state index >= 15 is 0 Å². The molecule has 0 bridgehead atoms. The molecule has 6 rings (SSSR count). The van der Waals surface area contributed by atoms with Gasteiger partial charge in [-0.05, 0) is 38.0 Å². The number of ether oxygens (including phenoxy) is 1. The summed E-state index contributed by atoms with van der Waals surface area (Å²) in [7, 11) is 0. The van der Waals surface area contributed by atoms with E-state index in [9.17, 15) is 5.26 Å². The average Bonchev–Trinajstić information content (AvgIpc) is 3.26. The minimum Gasteiger partial charge on any atom is -0.477 e. The van der Waals surface area contributed by atoms with Crippen molar-refractivity contribution in [2.45, 2.75) is 38.6 Å². The molecule has 2 aliphatic rings. The van der Waals surface area contributed by atoms with E-state index in [1.165, 1.54) is 11.3 Å². The number of thiophene rings is 1. The normalized spacial score (nSPS) is 15.9. The number of rotatable bonds is 3. The standard InChI is InChI=1S/C22H19N5OS/c1-12-10-15(16(11-23)29-12)17-14-4-2-7-24-21(14)25-20(17)18-19(13-5-6-13)26-27-8-3-9-28-22(18)27/h2,4,7,10,13H,3,5-6,8-9H2,1H3,(H,24,25). The van der Waals surface area contributed by atoms with Crippen LogP contribution >= 0.6 is 11.3 Å². The van der Waals surface area contributed by atoms with Gasteiger partial charge in [-0.1, -0.05) is 0 Å². The van der Waals surface area contributed by atoms with Gasteiger partial charge in [0.25, 0.3) is 0 Å². The number of aromatic amines is 1. The van der Waals surface area contributed by atoms with Crippen LogP contribution in [0.4, 0.5) is 0 Å². The Hall–Kier alpha value is -3.11. The molecule has 4 aromatic rings. The third-order valence-corrected chi connectivity index (χ3v) is 6.65. The van der Waals surface area contributed by atoms with Gasteiger partial charge < -0.3 is 9.72 Å². The molecule has 1 saturated carbocycles. The maximum atomic E-state index is 9.76. The van der Waals surface area contributed by atoms with Crippen LogP contribution in [0, 0.1) is 18.3 Å². The molecule has 0 atom stereocenters. The topological polar surface area (TPSA) is 79.5 Å². The largest absolute Gasteiger partial charge is 0.477 e. The number of hydrogen-bond acceptors (Lipinski definition) is 5. The van der Waals surface area contributed by atoms with Crippen LogP contribution in [0.3, 0.4) is 0 Å². The van der Waals surface area contributed by atoms with Crippen molar-refractivity contribution in [2.75, 3.05) is 6.61 Å². The van der Waals surface area contributed by atoms with Crippen LogP contribution in [-0.4, -0.2) is 26.4 Å². The van der Waals surface area contributed by atoms with E-state index in [4.69, 9.17) is 9.84 Å². The Labute approximate surface area is 171 Å². The summed E-state index contributed by atoms with van der Waals surface area (Å²) < 4.78 is 8.13. The Balaban J connectivity index is 1.70. The molecular weight excluding hydrogens is 382 g/mol. The van der Waals surface area contributed by atoms with E-state index in [0.29, 0.717) is 12.5 Å². The predicted molar refractivity (Wildman–Crippen MR) is 112 cm³/mol. The summed E-state index contributed by atoms with van der Waals surface area (Å²) in [6, 6.07) is 8.51. The van der Waals surface area contributed by atoms with Gasteiger partial charge in [-0.25, -0.2) is 9.67 Å². The monoisotopic (exact) mass is 401 g/mol. The van der Waals surface area contributed by atoms with Crippen molar-refractivity contribution in [2.24, 2.45) is 0 Å². The molecule has 0 aromatic carbocycles. The molecule has 6 nitrogen and oxygen atoms in total. The molecule has 1 N–H and O–H groups in total. The van der Waals surface area contributed by atoms with E-state index in [1.807, 2.05) is 17.7 Å². The van der Waals surface area contributed by atoms with Crippen molar-refractivity contribution in [3.63, 3.8) is 0 Å². The lowest BCUT2D eigenvalue weighted by atomic mass is 9.98. The van der Waals surface area contributed by atoms with Crippen molar-refractivity contribution in [3.05, 3.63) is 39.8 Å². The van der Waals surface area contributed by atoms with Gasteiger partial charge in [0.2, 0.25) is 5.88 Å². The van der Waals surface area contributed by atoms with Crippen LogP contribution in [0.25, 0.3) is 33.4 Å². The zero-order valence-electron chi connectivity index (χ0n) is 16.0. The van der Waals surface area contributed by atoms with Gasteiger partial charge in [0.05, 0.1) is 23.6 Å². The number of nitrogens with zero attached hydrogens (tertiary/aromatic N) is 4. The van der Waals surface area contributed by atoms with Gasteiger partial charge in [-0.15, -0.1) is 11.3 Å². The summed E-state index contributed by atoms with van der Waals surface area (Å²) in [6.45, 7) is 3.63. The van der Waals surface area contributed by atoms with Crippen LogP contribution in [-0.2, 0) is 6.54 Å². The Kier molecular flexibility index (Phi) is 3.59. The van der Waals surface area contributed by atoms with Crippen molar-refractivity contribution < 1.29 is 4.74 Å². The van der Waals surface area contributed by atoms with Crippen LogP contribution in [0.1, 0.15) is 40.6 Å². The van der Waals surface area contributed by atoms with Gasteiger partial charge in [0.1, 0.15) is 16.6 Å². The lowest BCUT2D eigenvalue weighted by Gasteiger charge is -2.16. The van der Waals surface area contributed by atoms with Gasteiger partial charge in [0, 0.05) is 46.5 Å². The summed E-state index contributed by atoms with van der Waals surface area (Å²) in [4.78, 5) is 9.96. The minimum atomic E-state index is 0.485. The highest BCUT2D eigenvalue weighted by Gasteiger charge is 2.36. The smallest absolute Gasteiger partial charge is 0.221 e. The summed E-state index contributed by atoms with van der Waals surface area (Å²) >= 11 is 1.53. The number of nitriles is 1. The minimum absolute atomic E-state index is 0.485. The summed E-state index contributed by atoms with van der Waals surface area (Å²) in [5.41, 5.74) is 5.94. The highest BCUT2D eigenvalue weighted by atomic mass is 32.1. The van der Waals surface area contributed by atoms with Crippen LogP contribution in [0.5, 0.6) is 5.88 Å². The molecule has 5 heterocycles. The number of H-pyrrole nitrogens is 1. The molecular formula is C22H19N5OS. The zero-order chi connectivity index (χ0) is 19.5. The predicted octanol–water partition coefficient (Wildman–Crippen LogP) is 4.99. The van der Waals surface area contributed by atoms with E-state index in [-0.39, 0.29) is 0 Å². The van der Waals surface area contributed by atoms with Crippen molar-refractivity contribution in [1.29, 1.82) is 5.26 Å². The van der Waals surface area contributed by atoms with Gasteiger partial charge in [-0.2, -0.15) is 10.4 Å². The van der Waals surface area contributed by atoms with E-state index in [1.54, 1.807) is 6.20 Å². The Morgan fingerprint density at radius 3 is 3.07 bits per heavy atom. The number of aromatic nitrogens is 4. The Morgan fingerprint density at radius 1 is 1.34 bits per heavy atom. The fourth-order valence-electron chi connectivity index (χ4n) is 4.30. The number of pyridine rings is 1. The molecule has 1 aliphatic carbocycles. The van der Waals surface area contributed by atoms with Crippen molar-refractivity contribution in [3.8, 4) is 34.3 Å². The highest BCUT2D eigenvalue weighted by Crippen LogP contribution is 2.51. The quantitative estimate of drug-likeness (QED) is 0.524. The third-order valence-electron chi connectivity index (χ3n) is 5.70. The van der Waals surface area contributed by atoms with E-state index < -0.39 is 0 Å². The number of fused-ring (bicyclic) bond motifs is 2. The summed E-state index contributed by atoms with van der Waals surface area (Å²) in [5, 5.41) is 15.7. The fourth-order valence-corrected chi connectivity index (χ4v) is 5.11. The van der Waals surface area contributed by atoms with Gasteiger partial charge in [-0.3, -0.25) is 0 Å². The van der Waals surface area contributed by atoms with Gasteiger partial charge >= 0.3 is 0 Å². The molecule has 0 spiro atoms. The molecule has 0 unspecified atom stereocenters. The fraction of sp³-hybridized carbons (Fsp3) is 0.318. The molecule has 1 fully saturated rings. The second-order valence-electron chi connectivity index (χ2n) is 7.75. The molecule has 144 valence electrons. The summed E-state index contributed by atoms with van der Waals surface area (Å²) in [5.74, 6) is 1.33. The second-order valence-corrected chi connectivity index (χ2v) is 9.01. The van der Waals surface area contributed by atoms with E-state index in [0.717, 1.165) is 80.6 Å². The summed E-state index contributed by atoms with van der Waals surface area (Å²) in [6.07, 6.45) is 5.10. The van der Waals surface area contributed by atoms with Crippen LogP contribution < -0.4 is 4.74 Å². The van der Waals surface area contributed by atoms with Crippen molar-refractivity contribution >= 4 is 22.4 Å². The van der Waals surface area contributed by atoms with E-state index in [2.05, 4.69) is 28.2 Å². The number of aryl methyl sites for hydroxylation is 2. The molecule has 0 saturated heterocycles. The first-order valence-electron chi connectivity index (χ1n) is 9.96. The lowest BCUT2D eigenvalue weighted by molar-refractivity contribution is 0.231. The molecule has 0 radical (unpaired) electrons. The van der Waals surface area contributed by atoms with Gasteiger partial charge in [0.15, 0.2) is 0 Å². The van der Waals surface area contributed by atoms with Crippen LogP contribution in [0.15, 0.2) is 24.4 Å². The molecule has 1 aliphatic heterocycles. The Morgan fingerprint density at radius 2 is 2.24 bits per heavy atom. The third kappa shape index (κ3) is 2.52. The first-order valence-corrected chi connectivity index (χ1v) is 10.8. The zero-order valence-corrected chi connectivity index (χ0v) is 16.8. The average molecular weight is 401 g/mol. The second kappa shape index (κ2) is 6.19. The number of nitrogens with one attached hydrogen (secondary N) is 1. The van der Waals surface area contributed by atoms with Crippen LogP contribution in [0.2, 0.25) is 0 Å². The first kappa shape index (κ1) is 16.8. The molecule has 0 amide bonds. The molecule has 4 aromatic heterocycles. The molecule has 29 heavy (non-hydrogen) atoms. The SMILES string of the molecule is Cc1cc(-c2c(-c3c(C4CC4)nn4c3OCCC4)[nH]c3ncccc23)c(C#N)s1. The first-order chi connectivity index (χ1) is 14.2. The molecule has 7 heteroatoms. The highest BCUT2D eigenvalue weighted by molar-refractivity contribution is 7.13. The maximum absolute atomic E-state index is 9.76. The number of hydrogen-bond donors (Lipinski definition) is 1. The van der Waals surface area contributed by atoms with Crippen molar-refractivity contribution in [1.82, 2.24) is 19.7 Å². The maximum Gasteiger partial charge on any atom is 0.221 e. The lowest BCUT2D eigenvalue weighted by Crippen LogP contribution is -2.15.